The quantitative estimate of drug-likeness (QED) is 0.461. The molecule has 0 atom stereocenters. The molecule has 0 radical (unpaired) electrons. The fraction of sp³-hybridized carbons (Fsp3) is 0.115. The molecule has 4 amide bonds. The van der Waals surface area contributed by atoms with Crippen molar-refractivity contribution in [2.75, 3.05) is 11.9 Å². The van der Waals surface area contributed by atoms with Gasteiger partial charge in [0.1, 0.15) is 0 Å². The zero-order chi connectivity index (χ0) is 23.6. The third-order valence-corrected chi connectivity index (χ3v) is 6.09. The molecular weight excluding hydrogens is 420 g/mol. The molecule has 0 N–H and O–H groups in total. The van der Waals surface area contributed by atoms with Crippen LogP contribution in [-0.2, 0) is 0 Å². The Bertz CT molecular complexity index is 1450. The number of imide groups is 2. The van der Waals surface area contributed by atoms with E-state index in [9.17, 15) is 24.0 Å². The minimum atomic E-state index is -0.493. The average Bonchev–Trinajstić information content (AvgIpc) is 3.18. The molecule has 3 aromatic carbocycles. The van der Waals surface area contributed by atoms with Crippen LogP contribution >= 0.6 is 0 Å². The van der Waals surface area contributed by atoms with Crippen LogP contribution in [0.15, 0.2) is 54.6 Å². The van der Waals surface area contributed by atoms with Crippen molar-refractivity contribution >= 4 is 35.1 Å². The van der Waals surface area contributed by atoms with Crippen LogP contribution in [0.25, 0.3) is 0 Å². The lowest BCUT2D eigenvalue weighted by Crippen LogP contribution is -2.30. The number of ketones is 1. The second-order valence-electron chi connectivity index (χ2n) is 8.25. The van der Waals surface area contributed by atoms with Crippen LogP contribution in [0.1, 0.15) is 68.5 Å². The van der Waals surface area contributed by atoms with E-state index in [1.165, 1.54) is 43.4 Å². The summed E-state index contributed by atoms with van der Waals surface area (Å²) in [5.74, 6) is -2.23. The number of rotatable bonds is 3. The number of aryl methyl sites for hydroxylation is 2. The van der Waals surface area contributed by atoms with Gasteiger partial charge < -0.3 is 0 Å². The first-order valence-electron chi connectivity index (χ1n) is 10.3. The van der Waals surface area contributed by atoms with Crippen molar-refractivity contribution in [3.8, 4) is 0 Å². The van der Waals surface area contributed by atoms with Gasteiger partial charge >= 0.3 is 0 Å². The number of benzene rings is 3. The predicted octanol–water partition coefficient (Wildman–Crippen LogP) is 3.56. The van der Waals surface area contributed by atoms with Gasteiger partial charge in [-0.2, -0.15) is 0 Å². The summed E-state index contributed by atoms with van der Waals surface area (Å²) in [5.41, 5.74) is 3.54. The first-order chi connectivity index (χ1) is 15.7. The maximum atomic E-state index is 13.1. The van der Waals surface area contributed by atoms with Gasteiger partial charge in [0, 0.05) is 18.2 Å². The summed E-state index contributed by atoms with van der Waals surface area (Å²) >= 11 is 0. The molecular formula is C26H18N2O5. The molecule has 7 heteroatoms. The van der Waals surface area contributed by atoms with E-state index in [1.807, 2.05) is 26.0 Å². The molecule has 0 saturated carbocycles. The van der Waals surface area contributed by atoms with Gasteiger partial charge in [-0.05, 0) is 49.7 Å². The second kappa shape index (κ2) is 7.06. The molecule has 0 aliphatic carbocycles. The Kier molecular flexibility index (Phi) is 4.39. The molecule has 162 valence electrons. The van der Waals surface area contributed by atoms with Crippen molar-refractivity contribution in [2.45, 2.75) is 13.8 Å². The first kappa shape index (κ1) is 20.5. The minimum absolute atomic E-state index is 0.151. The molecule has 0 bridgehead atoms. The summed E-state index contributed by atoms with van der Waals surface area (Å²) in [4.78, 5) is 65.7. The highest BCUT2D eigenvalue weighted by molar-refractivity contribution is 6.35. The van der Waals surface area contributed by atoms with E-state index in [0.29, 0.717) is 5.69 Å². The van der Waals surface area contributed by atoms with Gasteiger partial charge in [0.2, 0.25) is 0 Å². The van der Waals surface area contributed by atoms with Crippen LogP contribution in [0.4, 0.5) is 5.69 Å². The average molecular weight is 438 g/mol. The topological polar surface area (TPSA) is 91.8 Å². The van der Waals surface area contributed by atoms with Crippen molar-refractivity contribution in [1.29, 1.82) is 0 Å². The zero-order valence-corrected chi connectivity index (χ0v) is 18.1. The van der Waals surface area contributed by atoms with E-state index in [4.69, 9.17) is 0 Å². The van der Waals surface area contributed by atoms with Crippen LogP contribution < -0.4 is 4.90 Å². The molecule has 2 aliphatic heterocycles. The van der Waals surface area contributed by atoms with Gasteiger partial charge in [0.25, 0.3) is 23.6 Å². The summed E-state index contributed by atoms with van der Waals surface area (Å²) in [6.07, 6.45) is 0. The Morgan fingerprint density at radius 3 is 1.76 bits per heavy atom. The van der Waals surface area contributed by atoms with Crippen molar-refractivity contribution in [1.82, 2.24) is 4.90 Å². The van der Waals surface area contributed by atoms with Crippen LogP contribution in [0.3, 0.4) is 0 Å². The number of amides is 4. The summed E-state index contributed by atoms with van der Waals surface area (Å²) in [6.45, 7) is 3.76. The number of anilines is 1. The lowest BCUT2D eigenvalue weighted by Gasteiger charge is -2.16. The highest BCUT2D eigenvalue weighted by atomic mass is 16.2. The normalized spacial score (nSPS) is 14.8. The summed E-state index contributed by atoms with van der Waals surface area (Å²) in [5, 5.41) is 0. The lowest BCUT2D eigenvalue weighted by molar-refractivity contribution is 0.0692. The monoisotopic (exact) mass is 438 g/mol. The van der Waals surface area contributed by atoms with Crippen LogP contribution in [0.2, 0.25) is 0 Å². The molecule has 0 aromatic heterocycles. The Morgan fingerprint density at radius 1 is 0.636 bits per heavy atom. The number of carbonyl (C=O) groups is 5. The third kappa shape index (κ3) is 2.93. The van der Waals surface area contributed by atoms with Gasteiger partial charge in [0.05, 0.1) is 27.9 Å². The number of hydrogen-bond acceptors (Lipinski definition) is 5. The zero-order valence-electron chi connectivity index (χ0n) is 18.1. The van der Waals surface area contributed by atoms with E-state index in [0.717, 1.165) is 20.9 Å². The Hall–Kier alpha value is -4.39. The Balaban J connectivity index is 1.51. The fourth-order valence-corrected chi connectivity index (χ4v) is 4.33. The molecule has 0 spiro atoms. The van der Waals surface area contributed by atoms with E-state index in [2.05, 4.69) is 0 Å². The van der Waals surface area contributed by atoms with Crippen LogP contribution in [0.5, 0.6) is 0 Å². The van der Waals surface area contributed by atoms with Crippen molar-refractivity contribution in [3.05, 3.63) is 99.1 Å². The van der Waals surface area contributed by atoms with E-state index in [-0.39, 0.29) is 33.4 Å². The molecule has 3 aromatic rings. The number of nitrogens with zero attached hydrogens (tertiary/aromatic N) is 2. The lowest BCUT2D eigenvalue weighted by atomic mass is 9.96. The smallest absolute Gasteiger partial charge is 0.266 e. The molecule has 5 rings (SSSR count). The molecule has 2 heterocycles. The van der Waals surface area contributed by atoms with Gasteiger partial charge in [-0.3, -0.25) is 28.9 Å². The maximum Gasteiger partial charge on any atom is 0.266 e. The molecule has 0 saturated heterocycles. The van der Waals surface area contributed by atoms with Crippen molar-refractivity contribution in [2.24, 2.45) is 0 Å². The van der Waals surface area contributed by atoms with Gasteiger partial charge in [-0.25, -0.2) is 4.90 Å². The van der Waals surface area contributed by atoms with Gasteiger partial charge in [0.15, 0.2) is 5.78 Å². The molecule has 0 fully saturated rings. The maximum absolute atomic E-state index is 13.1. The summed E-state index contributed by atoms with van der Waals surface area (Å²) < 4.78 is 0. The molecule has 33 heavy (non-hydrogen) atoms. The minimum Gasteiger partial charge on any atom is -0.289 e. The Labute approximate surface area is 189 Å². The largest absolute Gasteiger partial charge is 0.289 e. The highest BCUT2D eigenvalue weighted by Crippen LogP contribution is 2.32. The van der Waals surface area contributed by atoms with Crippen molar-refractivity contribution < 1.29 is 24.0 Å². The first-order valence-corrected chi connectivity index (χ1v) is 10.3. The number of hydrogen-bond donors (Lipinski definition) is 0. The van der Waals surface area contributed by atoms with E-state index >= 15 is 0 Å². The molecule has 7 nitrogen and oxygen atoms in total. The SMILES string of the molecule is Cc1ccc(N2C(=O)c3ccc(C(=O)c4ccc5c(c4)C(=O)N(C)C5=O)cc3C2=O)c(C)c1. The molecule has 0 unspecified atom stereocenters. The van der Waals surface area contributed by atoms with Crippen LogP contribution in [0, 0.1) is 13.8 Å². The number of fused-ring (bicyclic) bond motifs is 2. The Morgan fingerprint density at radius 2 is 1.15 bits per heavy atom. The van der Waals surface area contributed by atoms with E-state index in [1.54, 1.807) is 6.07 Å². The van der Waals surface area contributed by atoms with Crippen molar-refractivity contribution in [3.63, 3.8) is 0 Å². The summed E-state index contributed by atoms with van der Waals surface area (Å²) in [7, 11) is 1.39. The standard InChI is InChI=1S/C26H18N2O5/c1-13-4-9-21(14(2)10-13)28-25(32)18-8-6-16(12-20(18)26(28)33)22(29)15-5-7-17-19(11-15)24(31)27(3)23(17)30/h4-12H,1-3H3. The molecule has 2 aliphatic rings. The fourth-order valence-electron chi connectivity index (χ4n) is 4.33. The second-order valence-corrected chi connectivity index (χ2v) is 8.25. The number of carbonyl (C=O) groups excluding carboxylic acids is 5. The van der Waals surface area contributed by atoms with E-state index < -0.39 is 29.4 Å². The summed E-state index contributed by atoms with van der Waals surface area (Å²) in [6, 6.07) is 14.2. The van der Waals surface area contributed by atoms with Gasteiger partial charge in [-0.1, -0.05) is 29.8 Å². The highest BCUT2D eigenvalue weighted by Gasteiger charge is 2.38. The third-order valence-electron chi connectivity index (χ3n) is 6.09. The van der Waals surface area contributed by atoms with Crippen LogP contribution in [-0.4, -0.2) is 41.4 Å². The van der Waals surface area contributed by atoms with Gasteiger partial charge in [-0.15, -0.1) is 0 Å². The predicted molar refractivity (Wildman–Crippen MR) is 120 cm³/mol.